The minimum Gasteiger partial charge on any atom is -0.392 e. The van der Waals surface area contributed by atoms with Gasteiger partial charge < -0.3 is 5.11 Å². The Morgan fingerprint density at radius 1 is 2.40 bits per heavy atom. The zero-order chi connectivity index (χ0) is 4.99. The third kappa shape index (κ3) is 3.70. The number of rotatable bonds is 2. The summed E-state index contributed by atoms with van der Waals surface area (Å²) in [7, 11) is 0. The third-order valence-electron chi connectivity index (χ3n) is 0.246. The van der Waals surface area contributed by atoms with Crippen molar-refractivity contribution in [3.8, 4) is 0 Å². The van der Waals surface area contributed by atoms with Crippen LogP contribution in [0.5, 0.6) is 0 Å². The highest BCUT2D eigenvalue weighted by Gasteiger charge is 1.69. The fourth-order valence-corrected chi connectivity index (χ4v) is 0. The van der Waals surface area contributed by atoms with Gasteiger partial charge in [-0.1, -0.05) is 12.2 Å². The first-order chi connectivity index (χ1) is 2.77. The van der Waals surface area contributed by atoms with Crippen molar-refractivity contribution in [1.29, 1.82) is 1.43 Å². The first kappa shape index (κ1) is 2.91. The van der Waals surface area contributed by atoms with Gasteiger partial charge in [0.2, 0.25) is 1.43 Å². The summed E-state index contributed by atoms with van der Waals surface area (Å²) in [5.74, 6) is 0. The maximum atomic E-state index is 6.17. The molecule has 1 N–H and O–H groups in total. The Morgan fingerprint density at radius 2 is 3.00 bits per heavy atom. The molecule has 0 aromatic heterocycles. The van der Waals surface area contributed by atoms with Crippen molar-refractivity contribution < 1.29 is 5.11 Å². The molecule has 0 heterocycles. The van der Waals surface area contributed by atoms with Gasteiger partial charge in [-0.25, -0.2) is 0 Å². The molecule has 0 aliphatic heterocycles. The molecule has 0 aromatic carbocycles. The van der Waals surface area contributed by atoms with Gasteiger partial charge in [0.1, 0.15) is 0 Å². The maximum absolute atomic E-state index is 6.17. The van der Waals surface area contributed by atoms with Crippen molar-refractivity contribution in [2.24, 2.45) is 0 Å². The molecule has 0 saturated carbocycles. The Morgan fingerprint density at radius 3 is 3.00 bits per heavy atom. The van der Waals surface area contributed by atoms with Gasteiger partial charge in [0.05, 0.1) is 6.61 Å². The van der Waals surface area contributed by atoms with E-state index in [4.69, 9.17) is 1.43 Å². The monoisotopic (exact) mass is 73.1 g/mol. The number of hydrogen-bond donors (Lipinski definition) is 1. The molecule has 0 fully saturated rings. The number of aliphatic hydroxyl groups excluding tert-OH is 1. The highest BCUT2D eigenvalue weighted by atomic mass is 16.3. The second-order valence-electron chi connectivity index (χ2n) is 1.10. The average Bonchev–Trinajstić information content (AvgIpc) is 1.35. The van der Waals surface area contributed by atoms with E-state index in [9.17, 15) is 0 Å². The second-order valence-corrected chi connectivity index (χ2v) is 1.10. The van der Waals surface area contributed by atoms with Crippen molar-refractivity contribution in [3.63, 3.8) is 0 Å². The zero-order valence-electron chi connectivity index (χ0n) is 4.32. The highest BCUT2D eigenvalue weighted by molar-refractivity contribution is 4.85. The highest BCUT2D eigenvalue weighted by Crippen LogP contribution is 1.76. The Hall–Kier alpha value is -0.300. The van der Waals surface area contributed by atoms with E-state index in [-0.39, 0.29) is 0 Å². The Labute approximate surface area is 33.4 Å². The van der Waals surface area contributed by atoms with Gasteiger partial charge in [-0.3, -0.25) is 0 Å². The molecule has 0 rings (SSSR count). The summed E-state index contributed by atoms with van der Waals surface area (Å²) in [6.45, 7) is 5.66. The van der Waals surface area contributed by atoms with E-state index < -0.39 is 0 Å². The lowest BCUT2D eigenvalue weighted by atomic mass is 10.4. The van der Waals surface area contributed by atoms with Crippen LogP contribution in [0.2, 0.25) is 0 Å². The second kappa shape index (κ2) is 1.97. The van der Waals surface area contributed by atoms with Crippen LogP contribution in [0.1, 0.15) is 6.92 Å². The predicted octanol–water partition coefficient (Wildman–Crippen LogP) is 0.555. The maximum Gasteiger partial charge on any atom is 0.211 e. The molecule has 0 aliphatic rings. The molecule has 0 aromatic rings. The fraction of sp³-hybridized carbons (Fsp3) is 0.500. The van der Waals surface area contributed by atoms with Crippen LogP contribution in [-0.2, 0) is 0 Å². The summed E-state index contributed by atoms with van der Waals surface area (Å²) < 4.78 is 6.17. The smallest absolute Gasteiger partial charge is 0.211 e. The molecule has 0 atom stereocenters. The predicted molar refractivity (Wildman–Crippen MR) is 21.9 cm³/mol. The van der Waals surface area contributed by atoms with Crippen LogP contribution in [0.15, 0.2) is 12.2 Å². The lowest BCUT2D eigenvalue weighted by molar-refractivity contribution is 0.332. The van der Waals surface area contributed by atoms with E-state index in [1.54, 1.807) is 0 Å². The van der Waals surface area contributed by atoms with Crippen LogP contribution in [0, 0.1) is 0 Å². The molecule has 0 bridgehead atoms. The topological polar surface area (TPSA) is 20.2 Å². The molecule has 0 radical (unpaired) electrons. The molecular formula is C4H8O. The summed E-state index contributed by atoms with van der Waals surface area (Å²) in [5.41, 5.74) is 0.880. The van der Waals surface area contributed by atoms with Crippen molar-refractivity contribution in [2.75, 3.05) is 6.61 Å². The Bertz CT molecular complexity index is 51.5. The molecule has 30 valence electrons. The lowest BCUT2D eigenvalue weighted by Gasteiger charge is -1.79. The Kier molecular flexibility index (Phi) is 1.15. The van der Waals surface area contributed by atoms with Gasteiger partial charge in [-0.2, -0.15) is 0 Å². The Balaban J connectivity index is 2.83. The average molecular weight is 73.1 g/mol. The number of aliphatic hydroxyl groups is 1. The van der Waals surface area contributed by atoms with Crippen LogP contribution in [-0.4, -0.2) is 13.1 Å². The van der Waals surface area contributed by atoms with Crippen LogP contribution in [0.25, 0.3) is 0 Å². The first-order valence-corrected chi connectivity index (χ1v) is 1.50. The van der Waals surface area contributed by atoms with Gasteiger partial charge in [-0.15, -0.1) is 0 Å². The fourth-order valence-electron chi connectivity index (χ4n) is 0. The molecule has 0 amide bonds. The van der Waals surface area contributed by atoms with E-state index in [2.05, 4.69) is 11.7 Å². The molecule has 0 saturated heterocycles. The third-order valence-corrected chi connectivity index (χ3v) is 0.246. The molecule has 0 unspecified atom stereocenters. The van der Waals surface area contributed by atoms with Crippen molar-refractivity contribution in [2.45, 2.75) is 6.92 Å². The molecule has 0 aliphatic carbocycles. The van der Waals surface area contributed by atoms with Crippen molar-refractivity contribution in [3.05, 3.63) is 12.2 Å². The summed E-state index contributed by atoms with van der Waals surface area (Å²) in [5, 5.41) is 3.95. The zero-order valence-corrected chi connectivity index (χ0v) is 3.32. The van der Waals surface area contributed by atoms with Crippen LogP contribution in [0.4, 0.5) is 0 Å². The van der Waals surface area contributed by atoms with E-state index in [1.165, 1.54) is 0 Å². The first-order valence-electron chi connectivity index (χ1n) is 1.90. The standard InChI is InChI=1S/C4H8O/c1-4(2)3-5/h5H,1,3H2,2H3/i5D. The quantitative estimate of drug-likeness (QED) is 0.473. The molecular weight excluding hydrogens is 64.0 g/mol. The number of hydrogen-bond acceptors (Lipinski definition) is 1. The van der Waals surface area contributed by atoms with E-state index in [0.29, 0.717) is 6.61 Å². The van der Waals surface area contributed by atoms with E-state index >= 15 is 0 Å². The SMILES string of the molecule is [2H]OCC(=C)C. The minimum atomic E-state index is 0.347. The van der Waals surface area contributed by atoms with E-state index in [0.717, 1.165) is 5.57 Å². The summed E-state index contributed by atoms with van der Waals surface area (Å²) in [4.78, 5) is 0. The van der Waals surface area contributed by atoms with Crippen LogP contribution >= 0.6 is 0 Å². The summed E-state index contributed by atoms with van der Waals surface area (Å²) >= 11 is 0. The lowest BCUT2D eigenvalue weighted by Crippen LogP contribution is -1.76. The minimum absolute atomic E-state index is 0.347. The van der Waals surface area contributed by atoms with Gasteiger partial charge in [0, 0.05) is 0 Å². The van der Waals surface area contributed by atoms with Crippen LogP contribution in [0.3, 0.4) is 0 Å². The van der Waals surface area contributed by atoms with Gasteiger partial charge in [-0.05, 0) is 6.92 Å². The van der Waals surface area contributed by atoms with Gasteiger partial charge >= 0.3 is 0 Å². The molecule has 1 heteroatoms. The van der Waals surface area contributed by atoms with Crippen molar-refractivity contribution in [1.82, 2.24) is 0 Å². The molecule has 1 nitrogen and oxygen atoms in total. The van der Waals surface area contributed by atoms with Crippen molar-refractivity contribution >= 4 is 0 Å². The van der Waals surface area contributed by atoms with Gasteiger partial charge in [0.15, 0.2) is 0 Å². The van der Waals surface area contributed by atoms with Gasteiger partial charge in [0.25, 0.3) is 0 Å². The van der Waals surface area contributed by atoms with Crippen LogP contribution < -0.4 is 0 Å². The normalized spacial score (nSPS) is 10.2. The molecule has 5 heavy (non-hydrogen) atoms. The summed E-state index contributed by atoms with van der Waals surface area (Å²) in [6.07, 6.45) is 0. The van der Waals surface area contributed by atoms with E-state index in [1.807, 2.05) is 6.92 Å². The largest absolute Gasteiger partial charge is 0.392 e. The summed E-state index contributed by atoms with van der Waals surface area (Å²) in [6, 6.07) is 0. The molecule has 0 spiro atoms.